The van der Waals surface area contributed by atoms with Crippen molar-refractivity contribution >= 4 is 27.0 Å². The van der Waals surface area contributed by atoms with E-state index in [1.165, 1.54) is 65.4 Å². The molecular weight excluding hydrogens is 372 g/mol. The number of rotatable bonds is 6. The van der Waals surface area contributed by atoms with Crippen molar-refractivity contribution in [1.29, 1.82) is 0 Å². The van der Waals surface area contributed by atoms with E-state index in [0.29, 0.717) is 5.92 Å². The largest absolute Gasteiger partial charge is 0.295 e. The number of pyridine rings is 1. The van der Waals surface area contributed by atoms with E-state index < -0.39 is 0 Å². The van der Waals surface area contributed by atoms with Crippen molar-refractivity contribution in [1.82, 2.24) is 9.88 Å². The minimum Gasteiger partial charge on any atom is -0.295 e. The topological polar surface area (TPSA) is 16.1 Å². The quantitative estimate of drug-likeness (QED) is 0.453. The lowest BCUT2D eigenvalue weighted by atomic mass is 9.77. The Labute approximate surface area is 178 Å². The predicted molar refractivity (Wildman–Crippen MR) is 124 cm³/mol. The highest BCUT2D eigenvalue weighted by atomic mass is 32.1. The maximum Gasteiger partial charge on any atom is 0.0437 e. The standard InChI is InChI=1S/C26H30N2S/c1-2-7-20(8-3-1)23(25-11-4-5-15-27-25)13-17-28-16-12-22(19-28)24-10-6-9-21-14-18-29-26(21)24/h4-6,9-12,14-15,18,20,23H,1-3,7-8,13,16-17,19H2. The summed E-state index contributed by atoms with van der Waals surface area (Å²) in [5, 5.41) is 3.59. The van der Waals surface area contributed by atoms with Crippen LogP contribution in [0.5, 0.6) is 0 Å². The fraction of sp³-hybridized carbons (Fsp3) is 0.423. The monoisotopic (exact) mass is 402 g/mol. The summed E-state index contributed by atoms with van der Waals surface area (Å²) in [4.78, 5) is 7.39. The third-order valence-electron chi connectivity index (χ3n) is 6.86. The van der Waals surface area contributed by atoms with Crippen LogP contribution in [0.4, 0.5) is 0 Å². The second-order valence-electron chi connectivity index (χ2n) is 8.66. The fourth-order valence-electron chi connectivity index (χ4n) is 5.30. The van der Waals surface area contributed by atoms with Crippen LogP contribution in [-0.2, 0) is 0 Å². The molecule has 3 aromatic rings. The Balaban J connectivity index is 1.26. The molecule has 1 aliphatic heterocycles. The normalized spacial score (nSPS) is 19.5. The second-order valence-corrected chi connectivity index (χ2v) is 9.57. The van der Waals surface area contributed by atoms with Crippen molar-refractivity contribution < 1.29 is 0 Å². The molecule has 1 fully saturated rings. The molecule has 3 heterocycles. The van der Waals surface area contributed by atoms with Crippen LogP contribution >= 0.6 is 11.3 Å². The first-order chi connectivity index (χ1) is 14.4. The summed E-state index contributed by atoms with van der Waals surface area (Å²) in [6.45, 7) is 3.32. The van der Waals surface area contributed by atoms with E-state index in [-0.39, 0.29) is 0 Å². The zero-order valence-electron chi connectivity index (χ0n) is 17.1. The first kappa shape index (κ1) is 19.0. The van der Waals surface area contributed by atoms with Gasteiger partial charge in [-0.25, -0.2) is 0 Å². The molecule has 2 nitrogen and oxygen atoms in total. The molecule has 1 unspecified atom stereocenters. The Morgan fingerprint density at radius 2 is 1.97 bits per heavy atom. The highest BCUT2D eigenvalue weighted by Gasteiger charge is 2.27. The first-order valence-corrected chi connectivity index (χ1v) is 12.1. The zero-order chi connectivity index (χ0) is 19.5. The fourth-order valence-corrected chi connectivity index (χ4v) is 6.25. The van der Waals surface area contributed by atoms with E-state index in [0.717, 1.165) is 25.6 Å². The lowest BCUT2D eigenvalue weighted by Gasteiger charge is -2.31. The molecule has 1 atom stereocenters. The predicted octanol–water partition coefficient (Wildman–Crippen LogP) is 6.75. The van der Waals surface area contributed by atoms with Crippen LogP contribution in [0.15, 0.2) is 60.1 Å². The maximum absolute atomic E-state index is 4.76. The van der Waals surface area contributed by atoms with Gasteiger partial charge in [-0.2, -0.15) is 0 Å². The third kappa shape index (κ3) is 4.17. The molecule has 1 aromatic carbocycles. The van der Waals surface area contributed by atoms with Gasteiger partial charge in [0.05, 0.1) is 0 Å². The van der Waals surface area contributed by atoms with Gasteiger partial charge >= 0.3 is 0 Å². The lowest BCUT2D eigenvalue weighted by Crippen LogP contribution is -2.26. The summed E-state index contributed by atoms with van der Waals surface area (Å²) in [5.74, 6) is 1.43. The number of aromatic nitrogens is 1. The lowest BCUT2D eigenvalue weighted by molar-refractivity contribution is 0.258. The van der Waals surface area contributed by atoms with Gasteiger partial charge in [-0.1, -0.05) is 49.6 Å². The van der Waals surface area contributed by atoms with Crippen molar-refractivity contribution in [2.24, 2.45) is 5.92 Å². The molecule has 150 valence electrons. The number of nitrogens with zero attached hydrogens (tertiary/aromatic N) is 2. The molecule has 0 N–H and O–H groups in total. The van der Waals surface area contributed by atoms with Crippen LogP contribution in [0.25, 0.3) is 15.7 Å². The highest BCUT2D eigenvalue weighted by molar-refractivity contribution is 7.17. The number of hydrogen-bond donors (Lipinski definition) is 0. The molecule has 29 heavy (non-hydrogen) atoms. The molecule has 1 aliphatic carbocycles. The van der Waals surface area contributed by atoms with Gasteiger partial charge in [0.2, 0.25) is 0 Å². The van der Waals surface area contributed by atoms with E-state index in [4.69, 9.17) is 4.98 Å². The Morgan fingerprint density at radius 1 is 1.03 bits per heavy atom. The van der Waals surface area contributed by atoms with Crippen LogP contribution in [0.2, 0.25) is 0 Å². The Kier molecular flexibility index (Phi) is 5.78. The van der Waals surface area contributed by atoms with Crippen LogP contribution in [-0.4, -0.2) is 29.5 Å². The van der Waals surface area contributed by atoms with Crippen molar-refractivity contribution in [3.8, 4) is 0 Å². The average molecular weight is 403 g/mol. The van der Waals surface area contributed by atoms with Crippen molar-refractivity contribution in [2.75, 3.05) is 19.6 Å². The van der Waals surface area contributed by atoms with E-state index >= 15 is 0 Å². The summed E-state index contributed by atoms with van der Waals surface area (Å²) in [5.41, 5.74) is 4.26. The van der Waals surface area contributed by atoms with Gasteiger partial charge in [-0.05, 0) is 71.8 Å². The average Bonchev–Trinajstić information content (AvgIpc) is 3.45. The van der Waals surface area contributed by atoms with Gasteiger partial charge in [0, 0.05) is 35.6 Å². The number of thiophene rings is 1. The first-order valence-electron chi connectivity index (χ1n) is 11.2. The Morgan fingerprint density at radius 3 is 2.83 bits per heavy atom. The molecule has 0 radical (unpaired) electrons. The molecular formula is C26H30N2S. The van der Waals surface area contributed by atoms with Crippen LogP contribution in [0.1, 0.15) is 55.7 Å². The van der Waals surface area contributed by atoms with Gasteiger partial charge in [-0.15, -0.1) is 11.3 Å². The molecule has 0 bridgehead atoms. The minimum atomic E-state index is 0.612. The van der Waals surface area contributed by atoms with Gasteiger partial charge in [0.1, 0.15) is 0 Å². The molecule has 5 rings (SSSR count). The van der Waals surface area contributed by atoms with E-state index in [1.807, 2.05) is 23.6 Å². The molecule has 2 aromatic heterocycles. The van der Waals surface area contributed by atoms with E-state index in [2.05, 4.69) is 52.8 Å². The van der Waals surface area contributed by atoms with E-state index in [9.17, 15) is 0 Å². The number of fused-ring (bicyclic) bond motifs is 1. The van der Waals surface area contributed by atoms with E-state index in [1.54, 1.807) is 0 Å². The minimum absolute atomic E-state index is 0.612. The maximum atomic E-state index is 4.76. The van der Waals surface area contributed by atoms with Gasteiger partial charge < -0.3 is 0 Å². The van der Waals surface area contributed by atoms with Crippen LogP contribution in [0, 0.1) is 5.92 Å². The van der Waals surface area contributed by atoms with Crippen molar-refractivity contribution in [3.05, 3.63) is 71.4 Å². The zero-order valence-corrected chi connectivity index (χ0v) is 17.9. The second kappa shape index (κ2) is 8.81. The molecule has 2 aliphatic rings. The van der Waals surface area contributed by atoms with Gasteiger partial charge in [0.15, 0.2) is 0 Å². The van der Waals surface area contributed by atoms with Crippen LogP contribution < -0.4 is 0 Å². The van der Waals surface area contributed by atoms with Crippen molar-refractivity contribution in [2.45, 2.75) is 44.4 Å². The molecule has 0 amide bonds. The molecule has 0 saturated heterocycles. The Bertz CT molecular complexity index is 969. The third-order valence-corrected chi connectivity index (χ3v) is 7.82. The summed E-state index contributed by atoms with van der Waals surface area (Å²) < 4.78 is 1.44. The smallest absolute Gasteiger partial charge is 0.0437 e. The van der Waals surface area contributed by atoms with Crippen molar-refractivity contribution in [3.63, 3.8) is 0 Å². The summed E-state index contributed by atoms with van der Waals surface area (Å²) >= 11 is 1.87. The molecule has 3 heteroatoms. The summed E-state index contributed by atoms with van der Waals surface area (Å²) in [7, 11) is 0. The summed E-state index contributed by atoms with van der Waals surface area (Å²) in [6.07, 6.45) is 12.6. The summed E-state index contributed by atoms with van der Waals surface area (Å²) in [6, 6.07) is 15.4. The van der Waals surface area contributed by atoms with Crippen LogP contribution in [0.3, 0.4) is 0 Å². The number of benzene rings is 1. The highest BCUT2D eigenvalue weighted by Crippen LogP contribution is 2.38. The Hall–Kier alpha value is -1.97. The van der Waals surface area contributed by atoms with Gasteiger partial charge in [0.25, 0.3) is 0 Å². The number of hydrogen-bond acceptors (Lipinski definition) is 3. The SMILES string of the molecule is C1=C(c2cccc3ccsc23)CN(CCC(c2ccccn2)C2CCCCC2)C1. The molecule has 0 spiro atoms. The van der Waals surface area contributed by atoms with Gasteiger partial charge in [-0.3, -0.25) is 9.88 Å². The molecule has 1 saturated carbocycles.